The van der Waals surface area contributed by atoms with Gasteiger partial charge in [-0.3, -0.25) is 9.59 Å². The number of aliphatic hydroxyl groups is 1. The number of hydrogen-bond acceptors (Lipinski definition) is 5. The van der Waals surface area contributed by atoms with E-state index in [2.05, 4.69) is 0 Å². The van der Waals surface area contributed by atoms with Gasteiger partial charge in [0.2, 0.25) is 6.41 Å². The number of piperidine rings is 1. The van der Waals surface area contributed by atoms with Crippen LogP contribution in [-0.2, 0) is 20.5 Å². The van der Waals surface area contributed by atoms with Crippen LogP contribution >= 0.6 is 0 Å². The molecule has 0 saturated carbocycles. The number of anilines is 1. The monoisotopic (exact) mass is 456 g/mol. The number of likely N-dealkylation sites (tertiary alicyclic amines) is 1. The molecule has 2 saturated heterocycles. The maximum Gasteiger partial charge on any atom is 0.416 e. The zero-order valence-electron chi connectivity index (χ0n) is 18.7. The standard InChI is InChI=1S/C23H31F3N2O4/c1-22(2,3)32-21(31)15-6-8-28(9-7-15)20-10-17(23(24,25)26)4-5-18(20)19-12-27(14-30)11-16(19)13-29/h4-5,10,14-16,19,29H,6-9,11-13H2,1-3H3. The number of carbonyl (C=O) groups is 2. The van der Waals surface area contributed by atoms with Gasteiger partial charge < -0.3 is 19.6 Å². The number of halogens is 3. The van der Waals surface area contributed by atoms with Crippen molar-refractivity contribution in [2.75, 3.05) is 37.7 Å². The van der Waals surface area contributed by atoms with Gasteiger partial charge >= 0.3 is 12.1 Å². The predicted molar refractivity (Wildman–Crippen MR) is 113 cm³/mol. The van der Waals surface area contributed by atoms with Gasteiger partial charge in [-0.25, -0.2) is 0 Å². The maximum absolute atomic E-state index is 13.5. The molecule has 178 valence electrons. The first kappa shape index (κ1) is 24.4. The van der Waals surface area contributed by atoms with Gasteiger partial charge in [-0.05, 0) is 51.3 Å². The topological polar surface area (TPSA) is 70.1 Å². The van der Waals surface area contributed by atoms with Gasteiger partial charge in [0.05, 0.1) is 11.5 Å². The summed E-state index contributed by atoms with van der Waals surface area (Å²) in [6.45, 7) is 6.81. The molecule has 2 unspecified atom stereocenters. The van der Waals surface area contributed by atoms with Crippen LogP contribution in [0.25, 0.3) is 0 Å². The Labute approximate surface area is 186 Å². The number of nitrogens with zero attached hydrogens (tertiary/aromatic N) is 2. The molecular formula is C23H31F3N2O4. The lowest BCUT2D eigenvalue weighted by molar-refractivity contribution is -0.160. The van der Waals surface area contributed by atoms with E-state index in [-0.39, 0.29) is 30.3 Å². The second-order valence-corrected chi connectivity index (χ2v) is 9.67. The first-order chi connectivity index (χ1) is 14.9. The van der Waals surface area contributed by atoms with Gasteiger partial charge in [-0.15, -0.1) is 0 Å². The quantitative estimate of drug-likeness (QED) is 0.543. The van der Waals surface area contributed by atoms with E-state index in [0.29, 0.717) is 56.7 Å². The molecule has 2 aliphatic rings. The van der Waals surface area contributed by atoms with E-state index in [9.17, 15) is 27.9 Å². The molecule has 2 heterocycles. The molecule has 0 aliphatic carbocycles. The second-order valence-electron chi connectivity index (χ2n) is 9.67. The smallest absolute Gasteiger partial charge is 0.416 e. The fourth-order valence-electron chi connectivity index (χ4n) is 4.58. The number of carbonyl (C=O) groups excluding carboxylic acids is 2. The number of ether oxygens (including phenoxy) is 1. The number of alkyl halides is 3. The van der Waals surface area contributed by atoms with Gasteiger partial charge in [-0.2, -0.15) is 13.2 Å². The van der Waals surface area contributed by atoms with Crippen molar-refractivity contribution in [2.24, 2.45) is 11.8 Å². The molecule has 6 nitrogen and oxygen atoms in total. The fraction of sp³-hybridized carbons (Fsp3) is 0.652. The molecule has 9 heteroatoms. The summed E-state index contributed by atoms with van der Waals surface area (Å²) < 4.78 is 45.8. The second kappa shape index (κ2) is 9.29. The molecule has 1 amide bonds. The molecule has 0 aromatic heterocycles. The van der Waals surface area contributed by atoms with Gasteiger partial charge in [0.15, 0.2) is 0 Å². The highest BCUT2D eigenvalue weighted by Gasteiger charge is 2.38. The number of amides is 1. The van der Waals surface area contributed by atoms with Crippen molar-refractivity contribution >= 4 is 18.1 Å². The first-order valence-electron chi connectivity index (χ1n) is 10.9. The van der Waals surface area contributed by atoms with Crippen molar-refractivity contribution in [1.29, 1.82) is 0 Å². The number of rotatable bonds is 5. The summed E-state index contributed by atoms with van der Waals surface area (Å²) in [7, 11) is 0. The highest BCUT2D eigenvalue weighted by Crippen LogP contribution is 2.41. The lowest BCUT2D eigenvalue weighted by Crippen LogP contribution is -2.39. The Morgan fingerprint density at radius 1 is 1.19 bits per heavy atom. The van der Waals surface area contributed by atoms with Crippen LogP contribution in [-0.4, -0.2) is 60.8 Å². The van der Waals surface area contributed by atoms with Crippen molar-refractivity contribution in [3.8, 4) is 0 Å². The van der Waals surface area contributed by atoms with Crippen molar-refractivity contribution in [1.82, 2.24) is 4.90 Å². The Morgan fingerprint density at radius 3 is 2.38 bits per heavy atom. The molecule has 1 N–H and O–H groups in total. The van der Waals surface area contributed by atoms with Crippen molar-refractivity contribution in [2.45, 2.75) is 51.3 Å². The van der Waals surface area contributed by atoms with E-state index in [1.807, 2.05) is 4.90 Å². The summed E-state index contributed by atoms with van der Waals surface area (Å²) in [4.78, 5) is 27.1. The largest absolute Gasteiger partial charge is 0.460 e. The van der Waals surface area contributed by atoms with Crippen molar-refractivity contribution in [3.05, 3.63) is 29.3 Å². The molecule has 0 radical (unpaired) electrons. The summed E-state index contributed by atoms with van der Waals surface area (Å²) in [6, 6.07) is 3.69. The maximum atomic E-state index is 13.5. The lowest BCUT2D eigenvalue weighted by atomic mass is 9.86. The van der Waals surface area contributed by atoms with E-state index in [4.69, 9.17) is 4.74 Å². The first-order valence-corrected chi connectivity index (χ1v) is 10.9. The zero-order chi connectivity index (χ0) is 23.7. The Bertz CT molecular complexity index is 830. The molecule has 2 atom stereocenters. The number of esters is 1. The minimum Gasteiger partial charge on any atom is -0.460 e. The summed E-state index contributed by atoms with van der Waals surface area (Å²) in [5, 5.41) is 9.80. The van der Waals surface area contributed by atoms with Gasteiger partial charge in [-0.1, -0.05) is 6.07 Å². The summed E-state index contributed by atoms with van der Waals surface area (Å²) in [5.41, 5.74) is -0.179. The van der Waals surface area contributed by atoms with Crippen molar-refractivity contribution < 1.29 is 32.6 Å². The molecule has 2 fully saturated rings. The minimum atomic E-state index is -4.48. The van der Waals surface area contributed by atoms with Crippen LogP contribution in [0.3, 0.4) is 0 Å². The van der Waals surface area contributed by atoms with Crippen LogP contribution in [0.4, 0.5) is 18.9 Å². The number of aliphatic hydroxyl groups excluding tert-OH is 1. The van der Waals surface area contributed by atoms with Crippen LogP contribution in [0.2, 0.25) is 0 Å². The Morgan fingerprint density at radius 2 is 1.84 bits per heavy atom. The molecule has 32 heavy (non-hydrogen) atoms. The normalized spacial score (nSPS) is 22.8. The molecule has 3 rings (SSSR count). The Hall–Kier alpha value is -2.29. The third kappa shape index (κ3) is 5.54. The van der Waals surface area contributed by atoms with E-state index in [1.54, 1.807) is 25.7 Å². The third-order valence-corrected chi connectivity index (χ3v) is 6.19. The molecule has 1 aromatic rings. The van der Waals surface area contributed by atoms with Crippen LogP contribution in [0.1, 0.15) is 50.7 Å². The third-order valence-electron chi connectivity index (χ3n) is 6.19. The van der Waals surface area contributed by atoms with Crippen LogP contribution in [0.5, 0.6) is 0 Å². The average molecular weight is 457 g/mol. The lowest BCUT2D eigenvalue weighted by Gasteiger charge is -2.36. The van der Waals surface area contributed by atoms with E-state index < -0.39 is 17.3 Å². The van der Waals surface area contributed by atoms with Crippen LogP contribution in [0, 0.1) is 11.8 Å². The molecule has 0 bridgehead atoms. The highest BCUT2D eigenvalue weighted by atomic mass is 19.4. The fourth-order valence-corrected chi connectivity index (χ4v) is 4.58. The Balaban J connectivity index is 1.86. The number of hydrogen-bond donors (Lipinski definition) is 1. The molecular weight excluding hydrogens is 425 g/mol. The van der Waals surface area contributed by atoms with E-state index in [1.165, 1.54) is 6.07 Å². The predicted octanol–water partition coefficient (Wildman–Crippen LogP) is 3.43. The Kier molecular flexibility index (Phi) is 7.07. The summed E-state index contributed by atoms with van der Waals surface area (Å²) >= 11 is 0. The molecule has 2 aliphatic heterocycles. The van der Waals surface area contributed by atoms with Gasteiger partial charge in [0.1, 0.15) is 5.60 Å². The SMILES string of the molecule is CC(C)(C)OC(=O)C1CCN(c2cc(C(F)(F)F)ccc2C2CN(C=O)CC2CO)CC1. The summed E-state index contributed by atoms with van der Waals surface area (Å²) in [5.74, 6) is -1.07. The van der Waals surface area contributed by atoms with Crippen LogP contribution < -0.4 is 4.90 Å². The number of benzene rings is 1. The van der Waals surface area contributed by atoms with Crippen molar-refractivity contribution in [3.63, 3.8) is 0 Å². The van der Waals surface area contributed by atoms with Gasteiger partial charge in [0.25, 0.3) is 0 Å². The highest BCUT2D eigenvalue weighted by molar-refractivity contribution is 5.73. The van der Waals surface area contributed by atoms with Crippen LogP contribution in [0.15, 0.2) is 18.2 Å². The average Bonchev–Trinajstić information content (AvgIpc) is 3.15. The molecule has 0 spiro atoms. The minimum absolute atomic E-state index is 0.157. The van der Waals surface area contributed by atoms with Gasteiger partial charge in [0, 0.05) is 50.3 Å². The van der Waals surface area contributed by atoms with E-state index in [0.717, 1.165) is 12.1 Å². The zero-order valence-corrected chi connectivity index (χ0v) is 18.7. The van der Waals surface area contributed by atoms with E-state index >= 15 is 0 Å². The summed E-state index contributed by atoms with van der Waals surface area (Å²) in [6.07, 6.45) is -2.81. The molecule has 1 aromatic carbocycles.